The van der Waals surface area contributed by atoms with Gasteiger partial charge in [0.05, 0.1) is 29.5 Å². The lowest BCUT2D eigenvalue weighted by Gasteiger charge is -2.34. The summed E-state index contributed by atoms with van der Waals surface area (Å²) in [5.41, 5.74) is 4.51. The van der Waals surface area contributed by atoms with Gasteiger partial charge >= 0.3 is 0 Å². The Bertz CT molecular complexity index is 1180. The Hall–Kier alpha value is -2.45. The largest absolute Gasteiger partial charge is 0.338 e. The highest BCUT2D eigenvalue weighted by molar-refractivity contribution is 7.10. The fourth-order valence-corrected chi connectivity index (χ4v) is 5.65. The van der Waals surface area contributed by atoms with E-state index in [4.69, 9.17) is 4.98 Å². The highest BCUT2D eigenvalue weighted by atomic mass is 32.1. The van der Waals surface area contributed by atoms with Gasteiger partial charge in [-0.15, -0.1) is 11.3 Å². The fraction of sp³-hybridized carbons (Fsp3) is 0.522. The van der Waals surface area contributed by atoms with Gasteiger partial charge in [0, 0.05) is 36.9 Å². The van der Waals surface area contributed by atoms with E-state index in [9.17, 15) is 9.59 Å². The molecule has 0 bridgehead atoms. The normalized spacial score (nSPS) is 19.7. The number of H-pyrrole nitrogens is 1. The number of nitrogens with zero attached hydrogens (tertiary/aromatic N) is 4. The molecule has 8 heteroatoms. The molecule has 3 aromatic rings. The molecule has 1 atom stereocenters. The van der Waals surface area contributed by atoms with E-state index in [0.717, 1.165) is 30.9 Å². The number of fused-ring (bicyclic) bond motifs is 2. The predicted octanol–water partition coefficient (Wildman–Crippen LogP) is 3.41. The van der Waals surface area contributed by atoms with Gasteiger partial charge in [0.15, 0.2) is 5.65 Å². The Morgan fingerprint density at radius 1 is 1.29 bits per heavy atom. The summed E-state index contributed by atoms with van der Waals surface area (Å²) in [4.78, 5) is 35.8. The topological polar surface area (TPSA) is 73.7 Å². The Kier molecular flexibility index (Phi) is 5.44. The minimum absolute atomic E-state index is 0.0735. The van der Waals surface area contributed by atoms with Gasteiger partial charge in [-0.25, -0.2) is 9.50 Å². The zero-order valence-corrected chi connectivity index (χ0v) is 19.0. The number of aryl methyl sites for hydroxylation is 1. The van der Waals surface area contributed by atoms with E-state index in [0.29, 0.717) is 37.1 Å². The molecule has 0 saturated carbocycles. The van der Waals surface area contributed by atoms with Crippen LogP contribution in [0, 0.1) is 6.92 Å². The fourth-order valence-electron chi connectivity index (χ4n) is 4.95. The van der Waals surface area contributed by atoms with Crippen molar-refractivity contribution in [1.82, 2.24) is 24.4 Å². The van der Waals surface area contributed by atoms with Crippen LogP contribution in [0.15, 0.2) is 22.3 Å². The maximum atomic E-state index is 13.2. The SMILES string of the molecule is CCC(=O)N1CCc2nc3cc([C@@H]4CCCCN4Cc4csc(C)c4)[nH]n3c(=O)c2C1. The molecule has 0 radical (unpaired) electrons. The van der Waals surface area contributed by atoms with Crippen molar-refractivity contribution in [3.63, 3.8) is 0 Å². The van der Waals surface area contributed by atoms with Crippen LogP contribution >= 0.6 is 11.3 Å². The summed E-state index contributed by atoms with van der Waals surface area (Å²) in [5, 5.41) is 5.61. The summed E-state index contributed by atoms with van der Waals surface area (Å²) in [5.74, 6) is 0.0869. The number of hydrogen-bond acceptors (Lipinski definition) is 5. The van der Waals surface area contributed by atoms with Crippen molar-refractivity contribution >= 4 is 22.9 Å². The molecule has 1 N–H and O–H groups in total. The molecule has 1 amide bonds. The van der Waals surface area contributed by atoms with Crippen LogP contribution in [0.3, 0.4) is 0 Å². The van der Waals surface area contributed by atoms with Gasteiger partial charge in [-0.3, -0.25) is 19.6 Å². The minimum atomic E-state index is -0.0735. The Morgan fingerprint density at radius 3 is 2.94 bits per heavy atom. The third-order valence-corrected chi connectivity index (χ3v) is 7.49. The molecule has 5 rings (SSSR count). The number of amides is 1. The number of thiophene rings is 1. The van der Waals surface area contributed by atoms with E-state index >= 15 is 0 Å². The number of aromatic amines is 1. The summed E-state index contributed by atoms with van der Waals surface area (Å²) < 4.78 is 1.58. The van der Waals surface area contributed by atoms with E-state index < -0.39 is 0 Å². The molecular formula is C23H29N5O2S. The molecule has 0 aliphatic carbocycles. The van der Waals surface area contributed by atoms with Gasteiger partial charge in [-0.05, 0) is 43.3 Å². The number of hydrogen-bond donors (Lipinski definition) is 1. The summed E-state index contributed by atoms with van der Waals surface area (Å²) in [6.45, 7) is 6.98. The number of aromatic nitrogens is 3. The third-order valence-electron chi connectivity index (χ3n) is 6.58. The third kappa shape index (κ3) is 3.83. The van der Waals surface area contributed by atoms with Crippen molar-refractivity contribution in [1.29, 1.82) is 0 Å². The van der Waals surface area contributed by atoms with Crippen LogP contribution in [-0.4, -0.2) is 43.4 Å². The highest BCUT2D eigenvalue weighted by Crippen LogP contribution is 2.32. The van der Waals surface area contributed by atoms with Crippen LogP contribution in [0.1, 0.15) is 66.0 Å². The van der Waals surface area contributed by atoms with Crippen molar-refractivity contribution in [3.8, 4) is 0 Å². The van der Waals surface area contributed by atoms with Gasteiger partial charge < -0.3 is 4.90 Å². The summed E-state index contributed by atoms with van der Waals surface area (Å²) in [7, 11) is 0. The van der Waals surface area contributed by atoms with Crippen LogP contribution in [0.25, 0.3) is 5.65 Å². The maximum absolute atomic E-state index is 13.2. The quantitative estimate of drug-likeness (QED) is 0.676. The lowest BCUT2D eigenvalue weighted by Crippen LogP contribution is -2.40. The summed E-state index contributed by atoms with van der Waals surface area (Å²) in [6, 6.07) is 4.57. The molecule has 164 valence electrons. The number of likely N-dealkylation sites (tertiary alicyclic amines) is 1. The zero-order chi connectivity index (χ0) is 21.5. The second-order valence-electron chi connectivity index (χ2n) is 8.71. The molecule has 0 aromatic carbocycles. The molecule has 1 saturated heterocycles. The van der Waals surface area contributed by atoms with E-state index in [1.165, 1.54) is 23.3 Å². The Labute approximate surface area is 185 Å². The second kappa shape index (κ2) is 8.24. The first-order valence-corrected chi connectivity index (χ1v) is 12.1. The van der Waals surface area contributed by atoms with Crippen LogP contribution in [0.5, 0.6) is 0 Å². The highest BCUT2D eigenvalue weighted by Gasteiger charge is 2.28. The van der Waals surface area contributed by atoms with Crippen molar-refractivity contribution in [2.24, 2.45) is 0 Å². The average Bonchev–Trinajstić information content (AvgIpc) is 3.39. The lowest BCUT2D eigenvalue weighted by atomic mass is 9.99. The monoisotopic (exact) mass is 439 g/mol. The first-order valence-electron chi connectivity index (χ1n) is 11.2. The van der Waals surface area contributed by atoms with Gasteiger partial charge in [-0.2, -0.15) is 0 Å². The lowest BCUT2D eigenvalue weighted by molar-refractivity contribution is -0.131. The van der Waals surface area contributed by atoms with Gasteiger partial charge in [0.1, 0.15) is 0 Å². The Balaban J connectivity index is 1.47. The molecule has 0 unspecified atom stereocenters. The molecule has 2 aliphatic rings. The second-order valence-corrected chi connectivity index (χ2v) is 9.83. The van der Waals surface area contributed by atoms with E-state index in [2.05, 4.69) is 28.4 Å². The average molecular weight is 440 g/mol. The molecule has 2 aliphatic heterocycles. The first kappa shape index (κ1) is 20.5. The molecular weight excluding hydrogens is 410 g/mol. The van der Waals surface area contributed by atoms with Crippen molar-refractivity contribution in [3.05, 3.63) is 55.3 Å². The molecule has 31 heavy (non-hydrogen) atoms. The van der Waals surface area contributed by atoms with Crippen molar-refractivity contribution in [2.45, 2.75) is 65.1 Å². The van der Waals surface area contributed by atoms with E-state index in [-0.39, 0.29) is 17.5 Å². The van der Waals surface area contributed by atoms with Crippen LogP contribution in [0.4, 0.5) is 0 Å². The molecule has 1 fully saturated rings. The predicted molar refractivity (Wildman–Crippen MR) is 121 cm³/mol. The van der Waals surface area contributed by atoms with E-state index in [1.807, 2.05) is 13.0 Å². The van der Waals surface area contributed by atoms with Crippen LogP contribution < -0.4 is 5.56 Å². The number of carbonyl (C=O) groups excluding carboxylic acids is 1. The van der Waals surface area contributed by atoms with Crippen molar-refractivity contribution in [2.75, 3.05) is 13.1 Å². The molecule has 7 nitrogen and oxygen atoms in total. The first-order chi connectivity index (χ1) is 15.0. The number of piperidine rings is 1. The smallest absolute Gasteiger partial charge is 0.277 e. The zero-order valence-electron chi connectivity index (χ0n) is 18.2. The molecule has 0 spiro atoms. The van der Waals surface area contributed by atoms with Gasteiger partial charge in [0.25, 0.3) is 5.56 Å². The van der Waals surface area contributed by atoms with Crippen LogP contribution in [0.2, 0.25) is 0 Å². The number of nitrogens with one attached hydrogen (secondary N) is 1. The standard InChI is InChI=1S/C23H29N5O2S/c1-3-22(29)27-9-7-18-17(13-27)23(30)28-21(24-18)11-19(25-28)20-6-4-5-8-26(20)12-16-10-15(2)31-14-16/h10-11,14,20,25H,3-9,12-13H2,1-2H3/t20-/m0/s1. The summed E-state index contributed by atoms with van der Waals surface area (Å²) in [6.07, 6.45) is 4.56. The van der Waals surface area contributed by atoms with Crippen molar-refractivity contribution < 1.29 is 4.79 Å². The summed E-state index contributed by atoms with van der Waals surface area (Å²) >= 11 is 1.80. The number of carbonyl (C=O) groups is 1. The van der Waals surface area contributed by atoms with E-state index in [1.54, 1.807) is 20.8 Å². The van der Waals surface area contributed by atoms with Gasteiger partial charge in [0.2, 0.25) is 5.91 Å². The number of rotatable bonds is 4. The molecule has 3 aromatic heterocycles. The van der Waals surface area contributed by atoms with Crippen LogP contribution in [-0.2, 0) is 24.3 Å². The maximum Gasteiger partial charge on any atom is 0.277 e. The van der Waals surface area contributed by atoms with Gasteiger partial charge in [-0.1, -0.05) is 13.3 Å². The minimum Gasteiger partial charge on any atom is -0.338 e. The molecule has 5 heterocycles. The Morgan fingerprint density at radius 2 is 2.16 bits per heavy atom.